The van der Waals surface area contributed by atoms with Crippen LogP contribution in [0.1, 0.15) is 55.7 Å². The van der Waals surface area contributed by atoms with Crippen LogP contribution in [-0.4, -0.2) is 46.0 Å². The summed E-state index contributed by atoms with van der Waals surface area (Å²) < 4.78 is 9.97. The molecule has 3 rings (SSSR count). The zero-order valence-electron chi connectivity index (χ0n) is 23.6. The molecule has 2 amide bonds. The summed E-state index contributed by atoms with van der Waals surface area (Å²) in [5, 5.41) is 3.57. The van der Waals surface area contributed by atoms with Crippen LogP contribution in [-0.2, 0) is 16.0 Å². The molecule has 0 saturated heterocycles. The molecule has 0 aliphatic rings. The molecular weight excluding hydrogens is 490 g/mol. The maximum absolute atomic E-state index is 12.3. The Labute approximate surface area is 232 Å². The lowest BCUT2D eigenvalue weighted by Crippen LogP contribution is -2.31. The van der Waals surface area contributed by atoms with Gasteiger partial charge in [0.1, 0.15) is 0 Å². The predicted molar refractivity (Wildman–Crippen MR) is 158 cm³/mol. The molecule has 3 aromatic rings. The Morgan fingerprint density at radius 1 is 0.718 bits per heavy atom. The van der Waals surface area contributed by atoms with Crippen molar-refractivity contribution in [2.24, 2.45) is 0 Å². The first-order valence-electron chi connectivity index (χ1n) is 13.7. The lowest BCUT2D eigenvalue weighted by atomic mass is 9.88. The number of hydrogen-bond donors (Lipinski definition) is 1. The Hall–Kier alpha value is -3.84. The molecule has 0 bridgehead atoms. The first-order valence-corrected chi connectivity index (χ1v) is 13.7. The monoisotopic (exact) mass is 531 g/mol. The first kappa shape index (κ1) is 29.7. The van der Waals surface area contributed by atoms with Crippen LogP contribution >= 0.6 is 0 Å². The van der Waals surface area contributed by atoms with Crippen molar-refractivity contribution in [1.82, 2.24) is 5.32 Å². The van der Waals surface area contributed by atoms with Gasteiger partial charge < -0.3 is 14.8 Å². The molecule has 208 valence electrons. The number of anilines is 2. The van der Waals surface area contributed by atoms with Gasteiger partial charge in [-0.05, 0) is 66.8 Å². The second kappa shape index (κ2) is 15.5. The van der Waals surface area contributed by atoms with E-state index in [0.717, 1.165) is 54.9 Å². The van der Waals surface area contributed by atoms with Gasteiger partial charge in [0.15, 0.2) is 0 Å². The minimum Gasteiger partial charge on any atom is -0.452 e. The number of nitrogens with zero attached hydrogens (tertiary/aromatic N) is 2. The van der Waals surface area contributed by atoms with Gasteiger partial charge in [-0.3, -0.25) is 9.80 Å². The third kappa shape index (κ3) is 8.32. The summed E-state index contributed by atoms with van der Waals surface area (Å²) in [6.45, 7) is 6.89. The molecule has 7 nitrogen and oxygen atoms in total. The van der Waals surface area contributed by atoms with Crippen LogP contribution < -0.4 is 15.1 Å². The van der Waals surface area contributed by atoms with E-state index in [1.54, 1.807) is 9.80 Å². The molecular formula is C32H41N3O4. The van der Waals surface area contributed by atoms with Crippen LogP contribution in [0.4, 0.5) is 21.0 Å². The number of ether oxygens (including phenoxy) is 2. The van der Waals surface area contributed by atoms with Crippen molar-refractivity contribution < 1.29 is 19.1 Å². The maximum Gasteiger partial charge on any atom is 0.413 e. The summed E-state index contributed by atoms with van der Waals surface area (Å²) in [7, 11) is 2.81. The van der Waals surface area contributed by atoms with Gasteiger partial charge in [-0.25, -0.2) is 9.59 Å². The average Bonchev–Trinajstić information content (AvgIpc) is 2.99. The number of hydrogen-bond acceptors (Lipinski definition) is 5. The predicted octanol–water partition coefficient (Wildman–Crippen LogP) is 6.96. The highest BCUT2D eigenvalue weighted by Gasteiger charge is 2.20. The number of amides is 2. The van der Waals surface area contributed by atoms with Gasteiger partial charge in [-0.1, -0.05) is 68.4 Å². The van der Waals surface area contributed by atoms with E-state index in [1.807, 2.05) is 44.2 Å². The summed E-state index contributed by atoms with van der Waals surface area (Å²) in [5.41, 5.74) is 5.20. The minimum absolute atomic E-state index is 0.131. The number of benzene rings is 3. The van der Waals surface area contributed by atoms with Gasteiger partial charge in [0, 0.05) is 36.9 Å². The van der Waals surface area contributed by atoms with Crippen molar-refractivity contribution in [2.45, 2.75) is 45.6 Å². The highest BCUT2D eigenvalue weighted by atomic mass is 16.5. The largest absolute Gasteiger partial charge is 0.452 e. The Kier molecular flexibility index (Phi) is 11.8. The van der Waals surface area contributed by atoms with Crippen LogP contribution in [0.3, 0.4) is 0 Å². The van der Waals surface area contributed by atoms with E-state index >= 15 is 0 Å². The summed E-state index contributed by atoms with van der Waals surface area (Å²) in [5.74, 6) is 0.131. The molecule has 0 aromatic heterocycles. The van der Waals surface area contributed by atoms with E-state index in [9.17, 15) is 9.59 Å². The smallest absolute Gasteiger partial charge is 0.413 e. The van der Waals surface area contributed by atoms with Gasteiger partial charge in [0.05, 0.1) is 14.2 Å². The summed E-state index contributed by atoms with van der Waals surface area (Å²) >= 11 is 0. The minimum atomic E-state index is -0.357. The van der Waals surface area contributed by atoms with E-state index in [0.29, 0.717) is 13.1 Å². The first-order chi connectivity index (χ1) is 19.0. The van der Waals surface area contributed by atoms with Gasteiger partial charge in [-0.2, -0.15) is 0 Å². The van der Waals surface area contributed by atoms with Gasteiger partial charge >= 0.3 is 12.2 Å². The normalized spacial score (nSPS) is 10.8. The summed E-state index contributed by atoms with van der Waals surface area (Å²) in [4.78, 5) is 27.9. The summed E-state index contributed by atoms with van der Waals surface area (Å²) in [6.07, 6.45) is 1.84. The Morgan fingerprint density at radius 2 is 1.18 bits per heavy atom. The van der Waals surface area contributed by atoms with Crippen LogP contribution in [0.25, 0.3) is 0 Å². The fourth-order valence-corrected chi connectivity index (χ4v) is 4.69. The molecule has 0 aliphatic heterocycles. The molecule has 0 fully saturated rings. The molecule has 0 heterocycles. The number of carbonyl (C=O) groups is 2. The Bertz CT molecular complexity index is 1080. The topological polar surface area (TPSA) is 71.1 Å². The fourth-order valence-electron chi connectivity index (χ4n) is 4.69. The van der Waals surface area contributed by atoms with Crippen molar-refractivity contribution in [1.29, 1.82) is 0 Å². The van der Waals surface area contributed by atoms with E-state index in [4.69, 9.17) is 9.47 Å². The van der Waals surface area contributed by atoms with Crippen molar-refractivity contribution in [3.8, 4) is 0 Å². The van der Waals surface area contributed by atoms with Crippen LogP contribution in [0.5, 0.6) is 0 Å². The Balaban J connectivity index is 1.84. The molecule has 0 spiro atoms. The third-order valence-electron chi connectivity index (χ3n) is 6.68. The highest BCUT2D eigenvalue weighted by molar-refractivity contribution is 5.88. The lowest BCUT2D eigenvalue weighted by Gasteiger charge is -2.24. The molecule has 3 aromatic carbocycles. The Morgan fingerprint density at radius 3 is 1.59 bits per heavy atom. The van der Waals surface area contributed by atoms with Crippen LogP contribution in [0.15, 0.2) is 78.9 Å². The van der Waals surface area contributed by atoms with Gasteiger partial charge in [0.25, 0.3) is 0 Å². The quantitative estimate of drug-likeness (QED) is 0.241. The number of methoxy groups -OCH3 is 2. The van der Waals surface area contributed by atoms with Crippen molar-refractivity contribution in [3.63, 3.8) is 0 Å². The van der Waals surface area contributed by atoms with Gasteiger partial charge in [0.2, 0.25) is 0 Å². The second-order valence-corrected chi connectivity index (χ2v) is 9.43. The van der Waals surface area contributed by atoms with Crippen molar-refractivity contribution >= 4 is 23.6 Å². The van der Waals surface area contributed by atoms with E-state index < -0.39 is 0 Å². The van der Waals surface area contributed by atoms with Crippen molar-refractivity contribution in [2.75, 3.05) is 43.7 Å². The molecule has 7 heteroatoms. The van der Waals surface area contributed by atoms with E-state index in [1.165, 1.54) is 19.8 Å². The number of nitrogens with one attached hydrogen (secondary N) is 1. The molecule has 0 unspecified atom stereocenters. The van der Waals surface area contributed by atoms with Crippen molar-refractivity contribution in [3.05, 3.63) is 95.6 Å². The third-order valence-corrected chi connectivity index (χ3v) is 6.68. The lowest BCUT2D eigenvalue weighted by molar-refractivity contribution is 0.178. The zero-order valence-corrected chi connectivity index (χ0v) is 23.6. The van der Waals surface area contributed by atoms with Gasteiger partial charge in [-0.15, -0.1) is 0 Å². The molecule has 1 N–H and O–H groups in total. The molecule has 0 saturated carbocycles. The zero-order chi connectivity index (χ0) is 28.0. The molecule has 0 radical (unpaired) electrons. The highest BCUT2D eigenvalue weighted by Crippen LogP contribution is 2.31. The molecule has 0 aliphatic carbocycles. The molecule has 39 heavy (non-hydrogen) atoms. The number of carbonyl (C=O) groups excluding carboxylic acids is 2. The van der Waals surface area contributed by atoms with Crippen LogP contribution in [0.2, 0.25) is 0 Å². The van der Waals surface area contributed by atoms with E-state index in [2.05, 4.69) is 53.8 Å². The van der Waals surface area contributed by atoms with Crippen LogP contribution in [0, 0.1) is 0 Å². The standard InChI is InChI=1S/C32H41N3O4/c1-5-22-34(31(36)38-3)28-16-12-26(13-17-28)30(20-21-33-24-25-10-8-7-9-11-25)27-14-18-29(19-15-27)35(23-6-2)32(37)39-4/h7-19,30,33H,5-6,20-24H2,1-4H3. The number of rotatable bonds is 13. The second-order valence-electron chi connectivity index (χ2n) is 9.43. The molecule has 0 atom stereocenters. The summed E-state index contributed by atoms with van der Waals surface area (Å²) in [6, 6.07) is 26.7. The average molecular weight is 532 g/mol. The fraction of sp³-hybridized carbons (Fsp3) is 0.375. The maximum atomic E-state index is 12.3. The SMILES string of the molecule is CCCN(C(=O)OC)c1ccc(C(CCNCc2ccccc2)c2ccc(N(CCC)C(=O)OC)cc2)cc1. The van der Waals surface area contributed by atoms with E-state index in [-0.39, 0.29) is 18.1 Å².